The third-order valence-corrected chi connectivity index (χ3v) is 2.44. The van der Waals surface area contributed by atoms with Crippen LogP contribution in [0, 0.1) is 11.6 Å². The number of hydrogen-bond donors (Lipinski definition) is 1. The van der Waals surface area contributed by atoms with Gasteiger partial charge in [-0.15, -0.1) is 0 Å². The average molecular weight is 294 g/mol. The van der Waals surface area contributed by atoms with Crippen molar-refractivity contribution < 1.29 is 13.5 Å². The first-order chi connectivity index (χ1) is 7.65. The molecule has 1 aromatic rings. The number of nitrogens with one attached hydrogen (secondary N) is 1. The third-order valence-electron chi connectivity index (χ3n) is 1.98. The standard InChI is InChI=1S/C11H14BrF2NO/c1-2-16-5-3-4-15-11-9(13)6-8(12)7-10(11)14/h6-7,15H,2-5H2,1H3. The van der Waals surface area contributed by atoms with Crippen LogP contribution in [0.3, 0.4) is 0 Å². The van der Waals surface area contributed by atoms with Crippen LogP contribution in [0.5, 0.6) is 0 Å². The van der Waals surface area contributed by atoms with E-state index in [0.29, 0.717) is 30.7 Å². The molecule has 0 fully saturated rings. The number of benzene rings is 1. The maximum absolute atomic E-state index is 13.3. The van der Waals surface area contributed by atoms with Gasteiger partial charge in [0.25, 0.3) is 0 Å². The first kappa shape index (κ1) is 13.4. The maximum atomic E-state index is 13.3. The molecule has 0 aliphatic rings. The molecular weight excluding hydrogens is 280 g/mol. The van der Waals surface area contributed by atoms with Crippen molar-refractivity contribution in [2.24, 2.45) is 0 Å². The Bertz CT molecular complexity index is 324. The Kier molecular flexibility index (Phi) is 5.69. The van der Waals surface area contributed by atoms with Gasteiger partial charge in [0, 0.05) is 24.2 Å². The molecule has 0 aliphatic carbocycles. The van der Waals surface area contributed by atoms with Crippen molar-refractivity contribution in [3.8, 4) is 0 Å². The van der Waals surface area contributed by atoms with Gasteiger partial charge in [-0.25, -0.2) is 8.78 Å². The lowest BCUT2D eigenvalue weighted by atomic mass is 10.3. The van der Waals surface area contributed by atoms with E-state index in [2.05, 4.69) is 21.2 Å². The van der Waals surface area contributed by atoms with Crippen LogP contribution in [0.2, 0.25) is 0 Å². The van der Waals surface area contributed by atoms with Crippen LogP contribution >= 0.6 is 15.9 Å². The molecular formula is C11H14BrF2NO. The van der Waals surface area contributed by atoms with Gasteiger partial charge in [0.1, 0.15) is 17.3 Å². The van der Waals surface area contributed by atoms with E-state index < -0.39 is 11.6 Å². The first-order valence-corrected chi connectivity index (χ1v) is 5.90. The van der Waals surface area contributed by atoms with Gasteiger partial charge in [-0.05, 0) is 25.5 Å². The predicted molar refractivity (Wildman–Crippen MR) is 63.7 cm³/mol. The Labute approximate surface area is 102 Å². The number of hydrogen-bond acceptors (Lipinski definition) is 2. The van der Waals surface area contributed by atoms with E-state index in [0.717, 1.165) is 0 Å². The molecule has 1 N–H and O–H groups in total. The summed E-state index contributed by atoms with van der Waals surface area (Å²) >= 11 is 3.02. The molecule has 2 nitrogen and oxygen atoms in total. The fourth-order valence-corrected chi connectivity index (χ4v) is 1.65. The highest BCUT2D eigenvalue weighted by molar-refractivity contribution is 9.10. The van der Waals surface area contributed by atoms with E-state index in [1.807, 2.05) is 6.92 Å². The fraction of sp³-hybridized carbons (Fsp3) is 0.455. The number of halogens is 3. The quantitative estimate of drug-likeness (QED) is 0.810. The van der Waals surface area contributed by atoms with E-state index in [9.17, 15) is 8.78 Å². The monoisotopic (exact) mass is 293 g/mol. The lowest BCUT2D eigenvalue weighted by molar-refractivity contribution is 0.147. The second-order valence-electron chi connectivity index (χ2n) is 3.22. The normalized spacial score (nSPS) is 10.5. The summed E-state index contributed by atoms with van der Waals surface area (Å²) in [4.78, 5) is 0. The van der Waals surface area contributed by atoms with Gasteiger partial charge in [0.15, 0.2) is 0 Å². The summed E-state index contributed by atoms with van der Waals surface area (Å²) in [6.45, 7) is 3.63. The molecule has 0 radical (unpaired) electrons. The summed E-state index contributed by atoms with van der Waals surface area (Å²) in [5, 5.41) is 2.72. The molecule has 5 heteroatoms. The Hall–Kier alpha value is -0.680. The second kappa shape index (κ2) is 6.81. The van der Waals surface area contributed by atoms with Crippen LogP contribution in [-0.4, -0.2) is 19.8 Å². The molecule has 1 aromatic carbocycles. The van der Waals surface area contributed by atoms with E-state index >= 15 is 0 Å². The number of ether oxygens (including phenoxy) is 1. The van der Waals surface area contributed by atoms with Gasteiger partial charge in [0.2, 0.25) is 0 Å². The van der Waals surface area contributed by atoms with E-state index in [1.54, 1.807) is 0 Å². The summed E-state index contributed by atoms with van der Waals surface area (Å²) in [5.74, 6) is -1.19. The van der Waals surface area contributed by atoms with Crippen LogP contribution in [0.1, 0.15) is 13.3 Å². The summed E-state index contributed by atoms with van der Waals surface area (Å²) in [5.41, 5.74) is -0.0836. The van der Waals surface area contributed by atoms with Crippen LogP contribution in [0.4, 0.5) is 14.5 Å². The molecule has 1 rings (SSSR count). The highest BCUT2D eigenvalue weighted by atomic mass is 79.9. The molecule has 0 bridgehead atoms. The summed E-state index contributed by atoms with van der Waals surface area (Å²) < 4.78 is 32.2. The zero-order chi connectivity index (χ0) is 12.0. The zero-order valence-electron chi connectivity index (χ0n) is 9.03. The second-order valence-corrected chi connectivity index (χ2v) is 4.14. The first-order valence-electron chi connectivity index (χ1n) is 5.11. The predicted octanol–water partition coefficient (Wildman–Crippen LogP) is 3.57. The molecule has 0 spiro atoms. The summed E-state index contributed by atoms with van der Waals surface area (Å²) in [7, 11) is 0. The SMILES string of the molecule is CCOCCCNc1c(F)cc(Br)cc1F. The van der Waals surface area contributed by atoms with Crippen LogP contribution < -0.4 is 5.32 Å². The van der Waals surface area contributed by atoms with Crippen LogP contribution in [0.15, 0.2) is 16.6 Å². The van der Waals surface area contributed by atoms with Crippen molar-refractivity contribution in [2.75, 3.05) is 25.1 Å². The van der Waals surface area contributed by atoms with Crippen molar-refractivity contribution >= 4 is 21.6 Å². The highest BCUT2D eigenvalue weighted by Crippen LogP contribution is 2.23. The lowest BCUT2D eigenvalue weighted by Crippen LogP contribution is -2.08. The van der Waals surface area contributed by atoms with Gasteiger partial charge in [-0.2, -0.15) is 0 Å². The van der Waals surface area contributed by atoms with Gasteiger partial charge >= 0.3 is 0 Å². The van der Waals surface area contributed by atoms with Crippen molar-refractivity contribution in [3.63, 3.8) is 0 Å². The minimum absolute atomic E-state index is 0.0836. The van der Waals surface area contributed by atoms with E-state index in [1.165, 1.54) is 12.1 Å². The minimum atomic E-state index is -0.594. The molecule has 0 heterocycles. The molecule has 0 amide bonds. The van der Waals surface area contributed by atoms with Crippen molar-refractivity contribution in [2.45, 2.75) is 13.3 Å². The van der Waals surface area contributed by atoms with E-state index in [4.69, 9.17) is 4.74 Å². The minimum Gasteiger partial charge on any atom is -0.382 e. The van der Waals surface area contributed by atoms with Crippen LogP contribution in [-0.2, 0) is 4.74 Å². The molecule has 0 unspecified atom stereocenters. The number of rotatable bonds is 6. The van der Waals surface area contributed by atoms with E-state index in [-0.39, 0.29) is 5.69 Å². The number of anilines is 1. The lowest BCUT2D eigenvalue weighted by Gasteiger charge is -2.09. The summed E-state index contributed by atoms with van der Waals surface area (Å²) in [6, 6.07) is 2.46. The molecule has 0 saturated heterocycles. The molecule has 16 heavy (non-hydrogen) atoms. The van der Waals surface area contributed by atoms with Crippen LogP contribution in [0.25, 0.3) is 0 Å². The molecule has 0 atom stereocenters. The Morgan fingerprint density at radius 2 is 1.94 bits per heavy atom. The topological polar surface area (TPSA) is 21.3 Å². The Morgan fingerprint density at radius 1 is 1.31 bits per heavy atom. The van der Waals surface area contributed by atoms with Gasteiger partial charge in [-0.3, -0.25) is 0 Å². The Balaban J connectivity index is 2.47. The molecule has 90 valence electrons. The molecule has 0 aromatic heterocycles. The maximum Gasteiger partial charge on any atom is 0.150 e. The molecule has 0 aliphatic heterocycles. The smallest absolute Gasteiger partial charge is 0.150 e. The Morgan fingerprint density at radius 3 is 2.50 bits per heavy atom. The zero-order valence-corrected chi connectivity index (χ0v) is 10.6. The van der Waals surface area contributed by atoms with Crippen molar-refractivity contribution in [1.29, 1.82) is 0 Å². The average Bonchev–Trinajstić information content (AvgIpc) is 2.20. The largest absolute Gasteiger partial charge is 0.382 e. The van der Waals surface area contributed by atoms with Gasteiger partial charge in [-0.1, -0.05) is 15.9 Å². The van der Waals surface area contributed by atoms with Crippen molar-refractivity contribution in [1.82, 2.24) is 0 Å². The third kappa shape index (κ3) is 4.06. The van der Waals surface area contributed by atoms with Crippen molar-refractivity contribution in [3.05, 3.63) is 28.2 Å². The van der Waals surface area contributed by atoms with Gasteiger partial charge < -0.3 is 10.1 Å². The highest BCUT2D eigenvalue weighted by Gasteiger charge is 2.09. The molecule has 0 saturated carbocycles. The van der Waals surface area contributed by atoms with Gasteiger partial charge in [0.05, 0.1) is 0 Å². The fourth-order valence-electron chi connectivity index (χ4n) is 1.24. The summed E-state index contributed by atoms with van der Waals surface area (Å²) in [6.07, 6.45) is 0.711.